The number of nitriles is 1. The largest absolute Gasteiger partial charge is 0.359 e. The quantitative estimate of drug-likeness (QED) is 0.713. The Morgan fingerprint density at radius 3 is 2.83 bits per heavy atom. The molecule has 23 heavy (non-hydrogen) atoms. The molecule has 1 aromatic carbocycles. The van der Waals surface area contributed by atoms with Gasteiger partial charge in [-0.3, -0.25) is 0 Å². The van der Waals surface area contributed by atoms with Crippen molar-refractivity contribution in [3.63, 3.8) is 0 Å². The summed E-state index contributed by atoms with van der Waals surface area (Å²) < 4.78 is 1.85. The zero-order valence-corrected chi connectivity index (χ0v) is 12.6. The molecule has 0 aliphatic rings. The Labute approximate surface area is 132 Å². The molecule has 0 unspecified atom stereocenters. The van der Waals surface area contributed by atoms with Crippen LogP contribution < -0.4 is 5.32 Å². The number of tetrazole rings is 1. The van der Waals surface area contributed by atoms with Crippen LogP contribution in [0.25, 0.3) is 11.3 Å². The molecule has 0 atom stereocenters. The van der Waals surface area contributed by atoms with Gasteiger partial charge in [0, 0.05) is 11.9 Å². The molecule has 8 heteroatoms. The van der Waals surface area contributed by atoms with E-state index in [1.807, 2.05) is 54.9 Å². The first kappa shape index (κ1) is 14.5. The minimum absolute atomic E-state index is 0.239. The molecular formula is C15H14N8. The van der Waals surface area contributed by atoms with Crippen molar-refractivity contribution >= 4 is 11.3 Å². The third-order valence-electron chi connectivity index (χ3n) is 3.22. The zero-order chi connectivity index (χ0) is 16.2. The number of anilines is 1. The van der Waals surface area contributed by atoms with Crippen LogP contribution in [-0.4, -0.2) is 30.4 Å². The van der Waals surface area contributed by atoms with Crippen molar-refractivity contribution in [2.75, 3.05) is 5.32 Å². The Kier molecular flexibility index (Phi) is 3.84. The van der Waals surface area contributed by atoms with Crippen molar-refractivity contribution in [3.8, 4) is 11.8 Å². The summed E-state index contributed by atoms with van der Waals surface area (Å²) in [4.78, 5) is 0. The molecule has 114 valence electrons. The maximum atomic E-state index is 9.21. The molecule has 0 aliphatic heterocycles. The van der Waals surface area contributed by atoms with Gasteiger partial charge in [-0.1, -0.05) is 12.1 Å². The van der Waals surface area contributed by atoms with Crippen LogP contribution in [0.15, 0.2) is 36.5 Å². The Morgan fingerprint density at radius 1 is 1.35 bits per heavy atom. The standard InChI is InChI=1S/C15H14N8/c1-10-7-11(2)23(20-10)14-6-4-3-5-13(14)17-9-12(8-16)15-18-21-22-19-15/h3-7,9,17H,1-2H3,(H,18,19,21,22). The predicted octanol–water partition coefficient (Wildman–Crippen LogP) is 1.98. The number of allylic oxidation sites excluding steroid dienone is 1. The maximum Gasteiger partial charge on any atom is 0.216 e. The van der Waals surface area contributed by atoms with Gasteiger partial charge < -0.3 is 5.32 Å². The fourth-order valence-corrected chi connectivity index (χ4v) is 2.23. The highest BCUT2D eigenvalue weighted by Gasteiger charge is 2.09. The Bertz CT molecular complexity index is 883. The monoisotopic (exact) mass is 306 g/mol. The van der Waals surface area contributed by atoms with Crippen molar-refractivity contribution in [3.05, 3.63) is 53.7 Å². The summed E-state index contributed by atoms with van der Waals surface area (Å²) in [6, 6.07) is 11.8. The van der Waals surface area contributed by atoms with Gasteiger partial charge in [-0.25, -0.2) is 4.68 Å². The van der Waals surface area contributed by atoms with Crippen molar-refractivity contribution in [1.29, 1.82) is 5.26 Å². The lowest BCUT2D eigenvalue weighted by molar-refractivity contribution is 0.835. The summed E-state index contributed by atoms with van der Waals surface area (Å²) in [5, 5.41) is 30.2. The molecule has 2 aromatic heterocycles. The van der Waals surface area contributed by atoms with E-state index >= 15 is 0 Å². The summed E-state index contributed by atoms with van der Waals surface area (Å²) in [5.74, 6) is 0.239. The summed E-state index contributed by atoms with van der Waals surface area (Å²) >= 11 is 0. The van der Waals surface area contributed by atoms with Crippen LogP contribution >= 0.6 is 0 Å². The van der Waals surface area contributed by atoms with Gasteiger partial charge in [0.25, 0.3) is 0 Å². The number of nitrogens with one attached hydrogen (secondary N) is 2. The zero-order valence-electron chi connectivity index (χ0n) is 12.6. The molecule has 0 amide bonds. The van der Waals surface area contributed by atoms with Crippen LogP contribution in [0.1, 0.15) is 17.2 Å². The SMILES string of the molecule is Cc1cc(C)n(-c2ccccc2NC=C(C#N)c2nn[nH]n2)n1. The number of hydrogen-bond donors (Lipinski definition) is 2. The van der Waals surface area contributed by atoms with Crippen LogP contribution in [0.3, 0.4) is 0 Å². The highest BCUT2D eigenvalue weighted by atomic mass is 15.5. The van der Waals surface area contributed by atoms with E-state index in [1.54, 1.807) is 6.20 Å². The van der Waals surface area contributed by atoms with E-state index in [2.05, 4.69) is 31.0 Å². The van der Waals surface area contributed by atoms with E-state index in [1.165, 1.54) is 0 Å². The van der Waals surface area contributed by atoms with Crippen molar-refractivity contribution in [1.82, 2.24) is 30.4 Å². The Hall–Kier alpha value is -3.47. The molecule has 0 saturated carbocycles. The van der Waals surface area contributed by atoms with Gasteiger partial charge in [-0.2, -0.15) is 15.6 Å². The molecule has 3 rings (SSSR count). The Morgan fingerprint density at radius 2 is 2.17 bits per heavy atom. The second kappa shape index (κ2) is 6.11. The number of hydrogen-bond acceptors (Lipinski definition) is 6. The fraction of sp³-hybridized carbons (Fsp3) is 0.133. The van der Waals surface area contributed by atoms with Gasteiger partial charge in [0.2, 0.25) is 5.82 Å². The van der Waals surface area contributed by atoms with E-state index in [-0.39, 0.29) is 11.4 Å². The number of H-pyrrole nitrogens is 1. The van der Waals surface area contributed by atoms with Gasteiger partial charge in [0.1, 0.15) is 11.6 Å². The highest BCUT2D eigenvalue weighted by Crippen LogP contribution is 2.22. The first-order chi connectivity index (χ1) is 11.2. The van der Waals surface area contributed by atoms with E-state index in [0.29, 0.717) is 0 Å². The van der Waals surface area contributed by atoms with Gasteiger partial charge in [-0.05, 0) is 37.3 Å². The van der Waals surface area contributed by atoms with Crippen LogP contribution in [0, 0.1) is 25.2 Å². The number of rotatable bonds is 4. The van der Waals surface area contributed by atoms with E-state index in [4.69, 9.17) is 0 Å². The molecule has 0 saturated heterocycles. The van der Waals surface area contributed by atoms with Gasteiger partial charge in [0.05, 0.1) is 17.1 Å². The molecular weight excluding hydrogens is 292 g/mol. The fourth-order valence-electron chi connectivity index (χ4n) is 2.23. The summed E-state index contributed by atoms with van der Waals surface area (Å²) in [7, 11) is 0. The molecule has 0 bridgehead atoms. The van der Waals surface area contributed by atoms with E-state index in [0.717, 1.165) is 22.8 Å². The van der Waals surface area contributed by atoms with Gasteiger partial charge in [-0.15, -0.1) is 10.2 Å². The minimum Gasteiger partial charge on any atom is -0.359 e. The lowest BCUT2D eigenvalue weighted by Gasteiger charge is -2.11. The Balaban J connectivity index is 1.96. The number of aromatic nitrogens is 6. The lowest BCUT2D eigenvalue weighted by atomic mass is 10.2. The molecule has 8 nitrogen and oxygen atoms in total. The second-order valence-corrected chi connectivity index (χ2v) is 4.91. The summed E-state index contributed by atoms with van der Waals surface area (Å²) in [5.41, 5.74) is 3.95. The average molecular weight is 306 g/mol. The van der Waals surface area contributed by atoms with Crippen molar-refractivity contribution in [2.45, 2.75) is 13.8 Å². The topological polar surface area (TPSA) is 108 Å². The van der Waals surface area contributed by atoms with Crippen LogP contribution in [0.5, 0.6) is 0 Å². The number of para-hydroxylation sites is 2. The molecule has 2 N–H and O–H groups in total. The lowest BCUT2D eigenvalue weighted by Crippen LogP contribution is -2.03. The third kappa shape index (κ3) is 2.94. The summed E-state index contributed by atoms with van der Waals surface area (Å²) in [6.45, 7) is 3.94. The smallest absolute Gasteiger partial charge is 0.216 e. The third-order valence-corrected chi connectivity index (χ3v) is 3.22. The van der Waals surface area contributed by atoms with Crippen LogP contribution in [-0.2, 0) is 0 Å². The number of benzene rings is 1. The van der Waals surface area contributed by atoms with E-state index < -0.39 is 0 Å². The normalized spacial score (nSPS) is 11.3. The van der Waals surface area contributed by atoms with Crippen LogP contribution in [0.4, 0.5) is 5.69 Å². The first-order valence-corrected chi connectivity index (χ1v) is 6.92. The number of aromatic amines is 1. The predicted molar refractivity (Wildman–Crippen MR) is 84.4 cm³/mol. The number of nitrogens with zero attached hydrogens (tertiary/aromatic N) is 6. The molecule has 0 aliphatic carbocycles. The summed E-state index contributed by atoms with van der Waals surface area (Å²) in [6.07, 6.45) is 1.55. The van der Waals surface area contributed by atoms with E-state index in [9.17, 15) is 5.26 Å². The molecule has 3 aromatic rings. The molecule has 2 heterocycles. The minimum atomic E-state index is 0.239. The second-order valence-electron chi connectivity index (χ2n) is 4.91. The molecule has 0 spiro atoms. The highest BCUT2D eigenvalue weighted by molar-refractivity contribution is 5.75. The van der Waals surface area contributed by atoms with Gasteiger partial charge >= 0.3 is 0 Å². The van der Waals surface area contributed by atoms with Crippen molar-refractivity contribution in [2.24, 2.45) is 0 Å². The number of aryl methyl sites for hydroxylation is 2. The first-order valence-electron chi connectivity index (χ1n) is 6.92. The molecule has 0 fully saturated rings. The average Bonchev–Trinajstić information content (AvgIpc) is 3.18. The maximum absolute atomic E-state index is 9.21. The molecule has 0 radical (unpaired) electrons. The van der Waals surface area contributed by atoms with Crippen LogP contribution in [0.2, 0.25) is 0 Å². The van der Waals surface area contributed by atoms with Gasteiger partial charge in [0.15, 0.2) is 0 Å². The van der Waals surface area contributed by atoms with Crippen molar-refractivity contribution < 1.29 is 0 Å².